The van der Waals surface area contributed by atoms with E-state index < -0.39 is 0 Å². The van der Waals surface area contributed by atoms with Crippen molar-refractivity contribution in [3.63, 3.8) is 0 Å². The van der Waals surface area contributed by atoms with Gasteiger partial charge in [-0.1, -0.05) is 12.8 Å². The van der Waals surface area contributed by atoms with Crippen LogP contribution in [-0.4, -0.2) is 15.8 Å². The molecule has 4 nitrogen and oxygen atoms in total. The van der Waals surface area contributed by atoms with E-state index in [0.29, 0.717) is 11.9 Å². The van der Waals surface area contributed by atoms with E-state index in [1.807, 2.05) is 10.7 Å². The molecule has 1 aliphatic carbocycles. The standard InChI is InChI=1S/C11H20N4/c1-2-15-10(7-11(12)14-15)8-13-9-5-3-4-6-9/h7,9,13H,2-6,8H2,1H3,(H2,12,14). The Balaban J connectivity index is 1.91. The fourth-order valence-corrected chi connectivity index (χ4v) is 2.27. The fraction of sp³-hybridized carbons (Fsp3) is 0.727. The van der Waals surface area contributed by atoms with Crippen LogP contribution in [0.5, 0.6) is 0 Å². The van der Waals surface area contributed by atoms with E-state index in [1.54, 1.807) is 0 Å². The maximum Gasteiger partial charge on any atom is 0.145 e. The Hall–Kier alpha value is -1.03. The van der Waals surface area contributed by atoms with E-state index in [-0.39, 0.29) is 0 Å². The Bertz CT molecular complexity index is 312. The molecule has 0 atom stereocenters. The van der Waals surface area contributed by atoms with Crippen LogP contribution in [0.4, 0.5) is 5.82 Å². The van der Waals surface area contributed by atoms with Gasteiger partial charge in [-0.3, -0.25) is 4.68 Å². The highest BCUT2D eigenvalue weighted by atomic mass is 15.3. The second-order valence-corrected chi connectivity index (χ2v) is 4.24. The first-order valence-electron chi connectivity index (χ1n) is 5.85. The SMILES string of the molecule is CCn1nc(N)cc1CNC1CCCC1. The smallest absolute Gasteiger partial charge is 0.145 e. The Morgan fingerprint density at radius 2 is 2.27 bits per heavy atom. The monoisotopic (exact) mass is 208 g/mol. The normalized spacial score (nSPS) is 17.4. The van der Waals surface area contributed by atoms with Crippen LogP contribution in [-0.2, 0) is 13.1 Å². The number of nitrogens with zero attached hydrogens (tertiary/aromatic N) is 2. The summed E-state index contributed by atoms with van der Waals surface area (Å²) in [6, 6.07) is 2.66. The lowest BCUT2D eigenvalue weighted by molar-refractivity contribution is 0.499. The van der Waals surface area contributed by atoms with Gasteiger partial charge in [-0.15, -0.1) is 0 Å². The molecule has 0 aliphatic heterocycles. The first-order chi connectivity index (χ1) is 7.29. The molecule has 0 unspecified atom stereocenters. The molecule has 0 amide bonds. The number of aryl methyl sites for hydroxylation is 1. The summed E-state index contributed by atoms with van der Waals surface area (Å²) in [7, 11) is 0. The molecule has 3 N–H and O–H groups in total. The Morgan fingerprint density at radius 3 is 2.93 bits per heavy atom. The minimum Gasteiger partial charge on any atom is -0.382 e. The molecule has 0 bridgehead atoms. The van der Waals surface area contributed by atoms with Crippen molar-refractivity contribution >= 4 is 5.82 Å². The van der Waals surface area contributed by atoms with Crippen molar-refractivity contribution in [3.05, 3.63) is 11.8 Å². The molecule has 2 rings (SSSR count). The quantitative estimate of drug-likeness (QED) is 0.788. The van der Waals surface area contributed by atoms with Gasteiger partial charge in [0.1, 0.15) is 5.82 Å². The number of hydrogen-bond acceptors (Lipinski definition) is 3. The predicted octanol–water partition coefficient (Wildman–Crippen LogP) is 1.52. The second kappa shape index (κ2) is 4.66. The number of aromatic nitrogens is 2. The van der Waals surface area contributed by atoms with Gasteiger partial charge in [-0.25, -0.2) is 0 Å². The third-order valence-corrected chi connectivity index (χ3v) is 3.11. The average molecular weight is 208 g/mol. The van der Waals surface area contributed by atoms with Crippen molar-refractivity contribution in [1.29, 1.82) is 0 Å². The van der Waals surface area contributed by atoms with Crippen LogP contribution >= 0.6 is 0 Å². The zero-order valence-electron chi connectivity index (χ0n) is 9.37. The van der Waals surface area contributed by atoms with E-state index in [0.717, 1.165) is 13.1 Å². The summed E-state index contributed by atoms with van der Waals surface area (Å²) in [5, 5.41) is 7.80. The first-order valence-corrected chi connectivity index (χ1v) is 5.85. The van der Waals surface area contributed by atoms with Gasteiger partial charge < -0.3 is 11.1 Å². The van der Waals surface area contributed by atoms with Crippen molar-refractivity contribution in [3.8, 4) is 0 Å². The largest absolute Gasteiger partial charge is 0.382 e. The fourth-order valence-electron chi connectivity index (χ4n) is 2.27. The van der Waals surface area contributed by atoms with Crippen LogP contribution in [0.1, 0.15) is 38.3 Å². The Labute approximate surface area is 90.8 Å². The van der Waals surface area contributed by atoms with Gasteiger partial charge in [0.15, 0.2) is 0 Å². The lowest BCUT2D eigenvalue weighted by Gasteiger charge is -2.12. The highest BCUT2D eigenvalue weighted by Crippen LogP contribution is 2.18. The van der Waals surface area contributed by atoms with Crippen molar-refractivity contribution < 1.29 is 0 Å². The van der Waals surface area contributed by atoms with Crippen LogP contribution in [0.2, 0.25) is 0 Å². The molecule has 1 aromatic rings. The van der Waals surface area contributed by atoms with Gasteiger partial charge >= 0.3 is 0 Å². The second-order valence-electron chi connectivity index (χ2n) is 4.24. The number of anilines is 1. The number of nitrogen functional groups attached to an aromatic ring is 1. The van der Waals surface area contributed by atoms with Crippen molar-refractivity contribution in [2.45, 2.75) is 51.7 Å². The molecular weight excluding hydrogens is 188 g/mol. The lowest BCUT2D eigenvalue weighted by Crippen LogP contribution is -2.26. The Morgan fingerprint density at radius 1 is 1.53 bits per heavy atom. The Kier molecular flexibility index (Phi) is 3.26. The average Bonchev–Trinajstić information content (AvgIpc) is 2.83. The molecule has 4 heteroatoms. The van der Waals surface area contributed by atoms with Crippen molar-refractivity contribution in [2.75, 3.05) is 5.73 Å². The molecule has 84 valence electrons. The third-order valence-electron chi connectivity index (χ3n) is 3.11. The van der Waals surface area contributed by atoms with E-state index in [1.165, 1.54) is 31.4 Å². The molecule has 1 aromatic heterocycles. The molecule has 0 radical (unpaired) electrons. The van der Waals surface area contributed by atoms with Gasteiger partial charge in [0, 0.05) is 25.2 Å². The third kappa shape index (κ3) is 2.50. The molecule has 15 heavy (non-hydrogen) atoms. The summed E-state index contributed by atoms with van der Waals surface area (Å²) < 4.78 is 1.97. The van der Waals surface area contributed by atoms with E-state index in [4.69, 9.17) is 5.73 Å². The van der Waals surface area contributed by atoms with E-state index in [2.05, 4.69) is 17.3 Å². The molecule has 1 fully saturated rings. The zero-order valence-corrected chi connectivity index (χ0v) is 9.37. The van der Waals surface area contributed by atoms with Crippen molar-refractivity contribution in [1.82, 2.24) is 15.1 Å². The molecular formula is C11H20N4. The topological polar surface area (TPSA) is 55.9 Å². The lowest BCUT2D eigenvalue weighted by atomic mass is 10.2. The van der Waals surface area contributed by atoms with Crippen LogP contribution in [0, 0.1) is 0 Å². The van der Waals surface area contributed by atoms with Gasteiger partial charge in [0.05, 0.1) is 5.69 Å². The summed E-state index contributed by atoms with van der Waals surface area (Å²) in [5.74, 6) is 0.625. The van der Waals surface area contributed by atoms with Crippen LogP contribution in [0.3, 0.4) is 0 Å². The highest BCUT2D eigenvalue weighted by Gasteiger charge is 2.14. The highest BCUT2D eigenvalue weighted by molar-refractivity contribution is 5.29. The molecule has 0 spiro atoms. The van der Waals surface area contributed by atoms with Crippen LogP contribution < -0.4 is 11.1 Å². The predicted molar refractivity (Wildman–Crippen MR) is 61.4 cm³/mol. The number of hydrogen-bond donors (Lipinski definition) is 2. The minimum atomic E-state index is 0.625. The summed E-state index contributed by atoms with van der Waals surface area (Å²) >= 11 is 0. The van der Waals surface area contributed by atoms with Gasteiger partial charge in [0.2, 0.25) is 0 Å². The summed E-state index contributed by atoms with van der Waals surface area (Å²) in [6.45, 7) is 3.87. The van der Waals surface area contributed by atoms with E-state index in [9.17, 15) is 0 Å². The summed E-state index contributed by atoms with van der Waals surface area (Å²) in [5.41, 5.74) is 6.88. The molecule has 0 aromatic carbocycles. The van der Waals surface area contributed by atoms with E-state index >= 15 is 0 Å². The molecule has 1 aliphatic rings. The van der Waals surface area contributed by atoms with Gasteiger partial charge in [0.25, 0.3) is 0 Å². The van der Waals surface area contributed by atoms with Crippen molar-refractivity contribution in [2.24, 2.45) is 0 Å². The molecule has 0 saturated heterocycles. The molecule has 1 heterocycles. The van der Waals surface area contributed by atoms with Gasteiger partial charge in [-0.05, 0) is 19.8 Å². The zero-order chi connectivity index (χ0) is 10.7. The van der Waals surface area contributed by atoms with Crippen LogP contribution in [0.25, 0.3) is 0 Å². The maximum atomic E-state index is 5.68. The number of nitrogens with one attached hydrogen (secondary N) is 1. The number of rotatable bonds is 4. The molecule has 1 saturated carbocycles. The minimum absolute atomic E-state index is 0.625. The van der Waals surface area contributed by atoms with Crippen LogP contribution in [0.15, 0.2) is 6.07 Å². The first kappa shape index (κ1) is 10.5. The summed E-state index contributed by atoms with van der Waals surface area (Å²) in [4.78, 5) is 0. The van der Waals surface area contributed by atoms with Gasteiger partial charge in [-0.2, -0.15) is 5.10 Å². The maximum absolute atomic E-state index is 5.68. The number of nitrogens with two attached hydrogens (primary N) is 1. The summed E-state index contributed by atoms with van der Waals surface area (Å²) in [6.07, 6.45) is 5.37.